The van der Waals surface area contributed by atoms with Gasteiger partial charge in [-0.15, -0.1) is 0 Å². The zero-order valence-corrected chi connectivity index (χ0v) is 19.0. The summed E-state index contributed by atoms with van der Waals surface area (Å²) in [5.74, 6) is -0.475. The van der Waals surface area contributed by atoms with E-state index in [0.29, 0.717) is 6.54 Å². The Balaban J connectivity index is 1.48. The fourth-order valence-corrected chi connectivity index (χ4v) is 4.69. The van der Waals surface area contributed by atoms with Gasteiger partial charge >= 0.3 is 5.97 Å². The minimum Gasteiger partial charge on any atom is -0.478 e. The summed E-state index contributed by atoms with van der Waals surface area (Å²) < 4.78 is 0. The molecule has 0 unspecified atom stereocenters. The molecule has 170 valence electrons. The molecule has 3 aromatic rings. The third-order valence-corrected chi connectivity index (χ3v) is 6.52. The molecule has 0 aliphatic heterocycles. The van der Waals surface area contributed by atoms with Gasteiger partial charge in [-0.25, -0.2) is 4.79 Å². The van der Waals surface area contributed by atoms with E-state index in [1.165, 1.54) is 5.56 Å². The lowest BCUT2D eigenvalue weighted by Gasteiger charge is -2.26. The Kier molecular flexibility index (Phi) is 7.56. The molecule has 0 saturated heterocycles. The third kappa shape index (κ3) is 6.10. The van der Waals surface area contributed by atoms with Crippen LogP contribution in [0.1, 0.15) is 53.6 Å². The Hall–Kier alpha value is -3.40. The van der Waals surface area contributed by atoms with Gasteiger partial charge in [0.05, 0.1) is 5.56 Å². The Morgan fingerprint density at radius 1 is 0.818 bits per heavy atom. The molecule has 0 spiro atoms. The van der Waals surface area contributed by atoms with Gasteiger partial charge < -0.3 is 10.0 Å². The number of nitrogens with zero attached hydrogens (tertiary/aromatic N) is 1. The van der Waals surface area contributed by atoms with E-state index in [-0.39, 0.29) is 17.4 Å². The highest BCUT2D eigenvalue weighted by Gasteiger charge is 2.27. The number of hydrogen-bond acceptors (Lipinski definition) is 2. The molecule has 3 aromatic carbocycles. The molecule has 1 fully saturated rings. The summed E-state index contributed by atoms with van der Waals surface area (Å²) in [5, 5.41) is 9.14. The van der Waals surface area contributed by atoms with E-state index in [1.54, 1.807) is 12.1 Å². The van der Waals surface area contributed by atoms with Gasteiger partial charge in [0.2, 0.25) is 5.91 Å². The lowest BCUT2D eigenvalue weighted by Crippen LogP contribution is -2.35. The van der Waals surface area contributed by atoms with E-state index < -0.39 is 5.97 Å². The topological polar surface area (TPSA) is 57.6 Å². The largest absolute Gasteiger partial charge is 0.478 e. The van der Waals surface area contributed by atoms with Gasteiger partial charge in [0.15, 0.2) is 0 Å². The summed E-state index contributed by atoms with van der Waals surface area (Å²) in [6.45, 7) is 1.35. The van der Waals surface area contributed by atoms with Crippen molar-refractivity contribution in [1.82, 2.24) is 4.90 Å². The Labute approximate surface area is 195 Å². The molecule has 1 amide bonds. The number of aryl methyl sites for hydroxylation is 1. The second-order valence-corrected chi connectivity index (χ2v) is 8.91. The molecule has 0 heterocycles. The van der Waals surface area contributed by atoms with Crippen LogP contribution in [0.15, 0.2) is 78.9 Å². The van der Waals surface area contributed by atoms with Gasteiger partial charge in [-0.1, -0.05) is 73.5 Å². The zero-order valence-electron chi connectivity index (χ0n) is 19.0. The SMILES string of the molecule is O=C(O)c1ccc(-c2cccc(CN(CCCc3ccccc3)C(=O)C3CCCC3)c2)cc1. The summed E-state index contributed by atoms with van der Waals surface area (Å²) in [7, 11) is 0. The first kappa shape index (κ1) is 22.8. The van der Waals surface area contributed by atoms with E-state index in [0.717, 1.165) is 61.8 Å². The fourth-order valence-electron chi connectivity index (χ4n) is 4.69. The minimum atomic E-state index is -0.924. The Morgan fingerprint density at radius 3 is 2.21 bits per heavy atom. The molecule has 0 bridgehead atoms. The van der Waals surface area contributed by atoms with Crippen LogP contribution in [-0.4, -0.2) is 28.4 Å². The van der Waals surface area contributed by atoms with Crippen LogP contribution in [0.3, 0.4) is 0 Å². The van der Waals surface area contributed by atoms with Gasteiger partial charge in [0.25, 0.3) is 0 Å². The molecule has 0 atom stereocenters. The number of hydrogen-bond donors (Lipinski definition) is 1. The fraction of sp³-hybridized carbons (Fsp3) is 0.310. The van der Waals surface area contributed by atoms with Crippen LogP contribution in [0.2, 0.25) is 0 Å². The molecule has 0 radical (unpaired) electrons. The maximum atomic E-state index is 13.3. The lowest BCUT2D eigenvalue weighted by atomic mass is 10.0. The van der Waals surface area contributed by atoms with Crippen LogP contribution in [0.4, 0.5) is 0 Å². The summed E-state index contributed by atoms with van der Waals surface area (Å²) in [6, 6.07) is 25.6. The van der Waals surface area contributed by atoms with Crippen molar-refractivity contribution in [2.75, 3.05) is 6.54 Å². The number of carboxylic acids is 1. The summed E-state index contributed by atoms with van der Waals surface area (Å²) >= 11 is 0. The molecule has 4 rings (SSSR count). The zero-order chi connectivity index (χ0) is 23.0. The average molecular weight is 442 g/mol. The smallest absolute Gasteiger partial charge is 0.335 e. The number of carbonyl (C=O) groups excluding carboxylic acids is 1. The molecule has 4 nitrogen and oxygen atoms in total. The van der Waals surface area contributed by atoms with Crippen LogP contribution in [0.5, 0.6) is 0 Å². The van der Waals surface area contributed by atoms with Crippen molar-refractivity contribution in [3.8, 4) is 11.1 Å². The van der Waals surface area contributed by atoms with Crippen LogP contribution < -0.4 is 0 Å². The molecule has 1 aliphatic rings. The highest BCUT2D eigenvalue weighted by Crippen LogP contribution is 2.28. The van der Waals surface area contributed by atoms with Crippen molar-refractivity contribution in [3.63, 3.8) is 0 Å². The van der Waals surface area contributed by atoms with Crippen molar-refractivity contribution in [1.29, 1.82) is 0 Å². The first-order chi connectivity index (χ1) is 16.1. The predicted octanol–water partition coefficient (Wildman–Crippen LogP) is 6.20. The van der Waals surface area contributed by atoms with Crippen molar-refractivity contribution >= 4 is 11.9 Å². The number of amides is 1. The normalized spacial score (nSPS) is 13.7. The molecule has 33 heavy (non-hydrogen) atoms. The Morgan fingerprint density at radius 2 is 1.52 bits per heavy atom. The number of carboxylic acid groups (broad SMARTS) is 1. The first-order valence-corrected chi connectivity index (χ1v) is 11.9. The molecule has 1 N–H and O–H groups in total. The molecular weight excluding hydrogens is 410 g/mol. The van der Waals surface area contributed by atoms with Crippen LogP contribution in [-0.2, 0) is 17.8 Å². The van der Waals surface area contributed by atoms with Gasteiger partial charge in [-0.05, 0) is 66.1 Å². The van der Waals surface area contributed by atoms with Crippen LogP contribution >= 0.6 is 0 Å². The summed E-state index contributed by atoms with van der Waals surface area (Å²) in [4.78, 5) is 26.5. The summed E-state index contributed by atoms with van der Waals surface area (Å²) in [6.07, 6.45) is 6.21. The number of aromatic carboxylic acids is 1. The van der Waals surface area contributed by atoms with E-state index >= 15 is 0 Å². The first-order valence-electron chi connectivity index (χ1n) is 11.9. The Bertz CT molecular complexity index is 1070. The predicted molar refractivity (Wildman–Crippen MR) is 131 cm³/mol. The van der Waals surface area contributed by atoms with Crippen molar-refractivity contribution in [2.24, 2.45) is 5.92 Å². The van der Waals surface area contributed by atoms with Crippen LogP contribution in [0.25, 0.3) is 11.1 Å². The molecule has 1 aliphatic carbocycles. The van der Waals surface area contributed by atoms with E-state index in [2.05, 4.69) is 36.4 Å². The maximum Gasteiger partial charge on any atom is 0.335 e. The molecule has 4 heteroatoms. The second-order valence-electron chi connectivity index (χ2n) is 8.91. The lowest BCUT2D eigenvalue weighted by molar-refractivity contribution is -0.136. The molecule has 1 saturated carbocycles. The summed E-state index contributed by atoms with van der Waals surface area (Å²) in [5.41, 5.74) is 4.68. The van der Waals surface area contributed by atoms with Gasteiger partial charge in [0, 0.05) is 19.0 Å². The van der Waals surface area contributed by atoms with Crippen LogP contribution in [0, 0.1) is 5.92 Å². The quantitative estimate of drug-likeness (QED) is 0.430. The highest BCUT2D eigenvalue weighted by molar-refractivity contribution is 5.88. The van der Waals surface area contributed by atoms with Crippen molar-refractivity contribution in [2.45, 2.75) is 45.1 Å². The molecule has 0 aromatic heterocycles. The maximum absolute atomic E-state index is 13.3. The van der Waals surface area contributed by atoms with Crippen molar-refractivity contribution in [3.05, 3.63) is 95.6 Å². The highest BCUT2D eigenvalue weighted by atomic mass is 16.4. The van der Waals surface area contributed by atoms with E-state index in [9.17, 15) is 9.59 Å². The van der Waals surface area contributed by atoms with E-state index in [1.807, 2.05) is 35.2 Å². The number of carbonyl (C=O) groups is 2. The monoisotopic (exact) mass is 441 g/mol. The minimum absolute atomic E-state index is 0.161. The molecular formula is C29H31NO3. The second kappa shape index (κ2) is 11.0. The third-order valence-electron chi connectivity index (χ3n) is 6.52. The van der Waals surface area contributed by atoms with Gasteiger partial charge in [-0.3, -0.25) is 4.79 Å². The van der Waals surface area contributed by atoms with E-state index in [4.69, 9.17) is 5.11 Å². The van der Waals surface area contributed by atoms with Crippen molar-refractivity contribution < 1.29 is 14.7 Å². The number of benzene rings is 3. The standard InChI is InChI=1S/C29H31NO3/c31-28(25-12-4-5-13-25)30(19-7-11-22-8-2-1-3-9-22)21-23-10-6-14-27(20-23)24-15-17-26(18-16-24)29(32)33/h1-3,6,8-10,14-18,20,25H,4-5,7,11-13,19,21H2,(H,32,33). The van der Waals surface area contributed by atoms with Gasteiger partial charge in [-0.2, -0.15) is 0 Å². The number of rotatable bonds is 9. The average Bonchev–Trinajstić information content (AvgIpc) is 3.39. The van der Waals surface area contributed by atoms with Gasteiger partial charge in [0.1, 0.15) is 0 Å².